The van der Waals surface area contributed by atoms with Gasteiger partial charge in [0.25, 0.3) is 5.69 Å². The molecule has 0 aliphatic rings. The first-order valence-electron chi connectivity index (χ1n) is 5.10. The van der Waals surface area contributed by atoms with E-state index in [2.05, 4.69) is 5.32 Å². The average Bonchev–Trinajstić information content (AvgIpc) is 2.17. The third-order valence-electron chi connectivity index (χ3n) is 2.13. The molecule has 7 nitrogen and oxygen atoms in total. The highest BCUT2D eigenvalue weighted by atomic mass is 32.2. The molecule has 0 bridgehead atoms. The van der Waals surface area contributed by atoms with E-state index in [0.717, 1.165) is 12.3 Å². The van der Waals surface area contributed by atoms with Crippen LogP contribution < -0.4 is 5.32 Å². The number of rotatable bonds is 5. The van der Waals surface area contributed by atoms with Crippen molar-refractivity contribution in [3.05, 3.63) is 28.3 Å². The van der Waals surface area contributed by atoms with E-state index in [9.17, 15) is 23.6 Å². The average molecular weight is 274 g/mol. The van der Waals surface area contributed by atoms with E-state index in [-0.39, 0.29) is 22.9 Å². The number of aromatic hydroxyl groups is 1. The number of anilines is 1. The van der Waals surface area contributed by atoms with E-state index in [1.54, 1.807) is 6.92 Å². The first kappa shape index (κ1) is 14.2. The number of nitro groups is 1. The van der Waals surface area contributed by atoms with Crippen molar-refractivity contribution in [2.45, 2.75) is 13.0 Å². The lowest BCUT2D eigenvalue weighted by atomic mass is 10.2. The molecule has 1 aromatic rings. The van der Waals surface area contributed by atoms with Crippen molar-refractivity contribution in [3.8, 4) is 5.75 Å². The van der Waals surface area contributed by atoms with Crippen molar-refractivity contribution in [1.29, 1.82) is 0 Å². The van der Waals surface area contributed by atoms with Crippen LogP contribution in [0, 0.1) is 10.1 Å². The van der Waals surface area contributed by atoms with E-state index in [1.807, 2.05) is 0 Å². The van der Waals surface area contributed by atoms with Gasteiger partial charge in [-0.15, -0.1) is 0 Å². The Balaban J connectivity index is 2.94. The summed E-state index contributed by atoms with van der Waals surface area (Å²) in [4.78, 5) is 10.1. The molecule has 8 heteroatoms. The number of benzene rings is 1. The fraction of sp³-hybridized carbons (Fsp3) is 0.400. The summed E-state index contributed by atoms with van der Waals surface area (Å²) in [7, 11) is -3.17. The quantitative estimate of drug-likeness (QED) is 0.473. The maximum atomic E-state index is 11.1. The van der Waals surface area contributed by atoms with Crippen molar-refractivity contribution in [3.63, 3.8) is 0 Å². The number of phenolic OH excluding ortho intramolecular Hbond substituents is 1. The lowest BCUT2D eigenvalue weighted by Gasteiger charge is -2.14. The molecule has 0 saturated heterocycles. The van der Waals surface area contributed by atoms with E-state index < -0.39 is 20.8 Å². The third-order valence-corrected chi connectivity index (χ3v) is 3.24. The zero-order valence-electron chi connectivity index (χ0n) is 9.95. The summed E-state index contributed by atoms with van der Waals surface area (Å²) in [6, 6.07) is 3.17. The molecule has 1 atom stereocenters. The van der Waals surface area contributed by atoms with E-state index in [0.29, 0.717) is 0 Å². The Morgan fingerprint density at radius 3 is 2.61 bits per heavy atom. The second-order valence-corrected chi connectivity index (χ2v) is 6.28. The van der Waals surface area contributed by atoms with Crippen molar-refractivity contribution in [2.24, 2.45) is 0 Å². The van der Waals surface area contributed by atoms with Gasteiger partial charge in [0.05, 0.1) is 16.7 Å². The van der Waals surface area contributed by atoms with Crippen LogP contribution >= 0.6 is 0 Å². The van der Waals surface area contributed by atoms with Gasteiger partial charge in [0.1, 0.15) is 21.3 Å². The standard InChI is InChI=1S/C10H14N2O5S/c1-7(6-18(2,16)17)11-9-4-3-8(13)5-10(9)12(14)15/h3-5,7,11,13H,6H2,1-2H3. The molecule has 0 spiro atoms. The highest BCUT2D eigenvalue weighted by Crippen LogP contribution is 2.28. The number of hydrogen-bond acceptors (Lipinski definition) is 6. The molecule has 0 aliphatic carbocycles. The predicted molar refractivity (Wildman–Crippen MR) is 67.6 cm³/mol. The summed E-state index contributed by atoms with van der Waals surface area (Å²) in [6.45, 7) is 1.61. The molecule has 100 valence electrons. The molecule has 0 amide bonds. The lowest BCUT2D eigenvalue weighted by Crippen LogP contribution is -2.25. The minimum absolute atomic E-state index is 0.134. The first-order valence-corrected chi connectivity index (χ1v) is 7.17. The van der Waals surface area contributed by atoms with Gasteiger partial charge in [-0.1, -0.05) is 0 Å². The summed E-state index contributed by atoms with van der Waals surface area (Å²) >= 11 is 0. The van der Waals surface area contributed by atoms with E-state index in [1.165, 1.54) is 12.1 Å². The second kappa shape index (κ2) is 5.21. The monoisotopic (exact) mass is 274 g/mol. The smallest absolute Gasteiger partial charge is 0.296 e. The molecule has 1 aromatic carbocycles. The van der Waals surface area contributed by atoms with Crippen LogP contribution in [-0.2, 0) is 9.84 Å². The van der Waals surface area contributed by atoms with Crippen LogP contribution in [0.5, 0.6) is 5.75 Å². The minimum Gasteiger partial charge on any atom is -0.508 e. The second-order valence-electron chi connectivity index (χ2n) is 4.10. The Morgan fingerprint density at radius 1 is 1.50 bits per heavy atom. The Labute approximate surface area is 105 Å². The number of sulfone groups is 1. The molecule has 2 N–H and O–H groups in total. The third kappa shape index (κ3) is 4.21. The van der Waals surface area contributed by atoms with Gasteiger partial charge in [-0.05, 0) is 19.1 Å². The fourth-order valence-corrected chi connectivity index (χ4v) is 2.55. The Bertz CT molecular complexity index is 555. The minimum atomic E-state index is -3.17. The molecule has 18 heavy (non-hydrogen) atoms. The summed E-state index contributed by atoms with van der Waals surface area (Å²) in [6.07, 6.45) is 1.09. The number of phenols is 1. The van der Waals surface area contributed by atoms with Gasteiger partial charge in [0.15, 0.2) is 0 Å². The topological polar surface area (TPSA) is 110 Å². The SMILES string of the molecule is CC(CS(C)(=O)=O)Nc1ccc(O)cc1[N+](=O)[O-]. The molecule has 0 radical (unpaired) electrons. The largest absolute Gasteiger partial charge is 0.508 e. The predicted octanol–water partition coefficient (Wildman–Crippen LogP) is 1.15. The molecule has 0 aromatic heterocycles. The molecular formula is C10H14N2O5S. The van der Waals surface area contributed by atoms with Gasteiger partial charge in [-0.25, -0.2) is 8.42 Å². The summed E-state index contributed by atoms with van der Waals surface area (Å²) in [5.41, 5.74) is -0.121. The molecule has 0 fully saturated rings. The van der Waals surface area contributed by atoms with E-state index >= 15 is 0 Å². The zero-order valence-corrected chi connectivity index (χ0v) is 10.8. The maximum Gasteiger partial charge on any atom is 0.296 e. The highest BCUT2D eigenvalue weighted by molar-refractivity contribution is 7.90. The molecule has 0 heterocycles. The summed E-state index contributed by atoms with van der Waals surface area (Å²) in [5, 5.41) is 22.7. The van der Waals surface area contributed by atoms with Crippen LogP contribution in [0.25, 0.3) is 0 Å². The molecular weight excluding hydrogens is 260 g/mol. The Kier molecular flexibility index (Phi) is 4.12. The summed E-state index contributed by atoms with van der Waals surface area (Å²) in [5.74, 6) is -0.353. The van der Waals surface area contributed by atoms with Gasteiger partial charge in [-0.3, -0.25) is 10.1 Å². The van der Waals surface area contributed by atoms with Crippen LogP contribution in [0.4, 0.5) is 11.4 Å². The number of nitro benzene ring substituents is 1. The van der Waals surface area contributed by atoms with Crippen molar-refractivity contribution in [2.75, 3.05) is 17.3 Å². The molecule has 0 saturated carbocycles. The van der Waals surface area contributed by atoms with Crippen LogP contribution in [-0.4, -0.2) is 36.5 Å². The Morgan fingerprint density at radius 2 is 2.11 bits per heavy atom. The number of hydrogen-bond donors (Lipinski definition) is 2. The van der Waals surface area contributed by atoms with Crippen LogP contribution in [0.2, 0.25) is 0 Å². The van der Waals surface area contributed by atoms with Gasteiger partial charge in [0, 0.05) is 12.3 Å². The zero-order chi connectivity index (χ0) is 13.9. The van der Waals surface area contributed by atoms with Gasteiger partial charge in [-0.2, -0.15) is 0 Å². The van der Waals surface area contributed by atoms with Gasteiger partial charge >= 0.3 is 0 Å². The van der Waals surface area contributed by atoms with Gasteiger partial charge < -0.3 is 10.4 Å². The maximum absolute atomic E-state index is 11.1. The molecule has 0 aliphatic heterocycles. The van der Waals surface area contributed by atoms with Crippen LogP contribution in [0.15, 0.2) is 18.2 Å². The highest BCUT2D eigenvalue weighted by Gasteiger charge is 2.18. The van der Waals surface area contributed by atoms with Crippen molar-refractivity contribution >= 4 is 21.2 Å². The Hall–Kier alpha value is -1.83. The molecule has 1 rings (SSSR count). The fourth-order valence-electron chi connectivity index (χ4n) is 1.55. The van der Waals surface area contributed by atoms with E-state index in [4.69, 9.17) is 0 Å². The number of nitrogens with one attached hydrogen (secondary N) is 1. The van der Waals surface area contributed by atoms with Crippen molar-refractivity contribution < 1.29 is 18.4 Å². The van der Waals surface area contributed by atoms with Gasteiger partial charge in [0.2, 0.25) is 0 Å². The normalized spacial score (nSPS) is 13.0. The van der Waals surface area contributed by atoms with Crippen molar-refractivity contribution in [1.82, 2.24) is 0 Å². The summed E-state index contributed by atoms with van der Waals surface area (Å²) < 4.78 is 22.2. The van der Waals surface area contributed by atoms with Crippen LogP contribution in [0.1, 0.15) is 6.92 Å². The van der Waals surface area contributed by atoms with Crippen LogP contribution in [0.3, 0.4) is 0 Å². The lowest BCUT2D eigenvalue weighted by molar-refractivity contribution is -0.384. The number of nitrogens with zero attached hydrogens (tertiary/aromatic N) is 1. The molecule has 1 unspecified atom stereocenters. The first-order chi connectivity index (χ1) is 8.19.